The van der Waals surface area contributed by atoms with Crippen LogP contribution in [0.2, 0.25) is 0 Å². The maximum atomic E-state index is 11.5. The average molecular weight is 407 g/mol. The first-order valence-corrected chi connectivity index (χ1v) is 10.1. The number of hydrogen-bond acceptors (Lipinski definition) is 4. The molecule has 0 aliphatic carbocycles. The van der Waals surface area contributed by atoms with E-state index in [1.165, 1.54) is 7.11 Å². The molecule has 0 unspecified atom stereocenters. The van der Waals surface area contributed by atoms with E-state index in [0.29, 0.717) is 18.7 Å². The smallest absolute Gasteiger partial charge is 0.337 e. The summed E-state index contributed by atoms with van der Waals surface area (Å²) >= 11 is 0. The first kappa shape index (κ1) is 21.7. The average Bonchev–Trinajstić information content (AvgIpc) is 2.80. The van der Waals surface area contributed by atoms with Gasteiger partial charge in [0.05, 0.1) is 19.3 Å². The Labute approximate surface area is 177 Å². The SMILES string of the molecule is COC(=O)c1ccc(C[NH2+]C[C@H](O)COC(c2ccccc2)c2ccccc2)cc1. The minimum absolute atomic E-state index is 0.215. The molecule has 3 N–H and O–H groups in total. The molecule has 0 spiro atoms. The summed E-state index contributed by atoms with van der Waals surface area (Å²) in [7, 11) is 1.37. The number of hydrogen-bond donors (Lipinski definition) is 2. The third-order valence-electron chi connectivity index (χ3n) is 4.85. The summed E-state index contributed by atoms with van der Waals surface area (Å²) in [5, 5.41) is 12.4. The number of nitrogens with two attached hydrogens (primary N) is 1. The number of rotatable bonds is 10. The lowest BCUT2D eigenvalue weighted by Gasteiger charge is -2.20. The Morgan fingerprint density at radius 3 is 2.00 bits per heavy atom. The van der Waals surface area contributed by atoms with E-state index in [1.54, 1.807) is 12.1 Å². The van der Waals surface area contributed by atoms with E-state index < -0.39 is 6.10 Å². The predicted octanol–water partition coefficient (Wildman–Crippen LogP) is 2.70. The van der Waals surface area contributed by atoms with Crippen LogP contribution in [0.15, 0.2) is 84.9 Å². The van der Waals surface area contributed by atoms with Crippen LogP contribution >= 0.6 is 0 Å². The van der Waals surface area contributed by atoms with Crippen LogP contribution < -0.4 is 5.32 Å². The Kier molecular flexibility index (Phi) is 8.15. The molecule has 0 aliphatic rings. The van der Waals surface area contributed by atoms with Crippen LogP contribution in [0.25, 0.3) is 0 Å². The molecule has 3 aromatic rings. The van der Waals surface area contributed by atoms with Gasteiger partial charge in [-0.15, -0.1) is 0 Å². The Hall–Kier alpha value is -2.99. The van der Waals surface area contributed by atoms with Gasteiger partial charge in [-0.1, -0.05) is 72.8 Å². The Balaban J connectivity index is 1.50. The molecule has 0 radical (unpaired) electrons. The second-order valence-corrected chi connectivity index (χ2v) is 7.11. The van der Waals surface area contributed by atoms with Gasteiger partial charge in [-0.05, 0) is 23.3 Å². The number of carbonyl (C=O) groups is 1. The van der Waals surface area contributed by atoms with Gasteiger partial charge < -0.3 is 19.9 Å². The van der Waals surface area contributed by atoms with Gasteiger partial charge >= 0.3 is 5.97 Å². The van der Waals surface area contributed by atoms with Crippen molar-refractivity contribution in [3.8, 4) is 0 Å². The highest BCUT2D eigenvalue weighted by atomic mass is 16.5. The van der Waals surface area contributed by atoms with Crippen molar-refractivity contribution >= 4 is 5.97 Å². The molecule has 0 aromatic heterocycles. The number of benzene rings is 3. The van der Waals surface area contributed by atoms with E-state index in [-0.39, 0.29) is 18.7 Å². The van der Waals surface area contributed by atoms with Crippen molar-refractivity contribution in [2.24, 2.45) is 0 Å². The third-order valence-corrected chi connectivity index (χ3v) is 4.85. The first-order chi connectivity index (χ1) is 14.7. The molecule has 3 rings (SSSR count). The number of ether oxygens (including phenoxy) is 2. The van der Waals surface area contributed by atoms with Crippen molar-refractivity contribution in [2.45, 2.75) is 18.8 Å². The number of quaternary nitrogens is 1. The lowest BCUT2D eigenvalue weighted by atomic mass is 10.0. The van der Waals surface area contributed by atoms with E-state index in [4.69, 9.17) is 9.47 Å². The van der Waals surface area contributed by atoms with Crippen molar-refractivity contribution in [1.29, 1.82) is 0 Å². The summed E-state index contributed by atoms with van der Waals surface area (Å²) in [5.41, 5.74) is 3.72. The van der Waals surface area contributed by atoms with Crippen LogP contribution in [0.4, 0.5) is 0 Å². The predicted molar refractivity (Wildman–Crippen MR) is 115 cm³/mol. The van der Waals surface area contributed by atoms with Crippen molar-refractivity contribution in [3.05, 3.63) is 107 Å². The van der Waals surface area contributed by atoms with Crippen molar-refractivity contribution in [2.75, 3.05) is 20.3 Å². The normalized spacial score (nSPS) is 12.0. The van der Waals surface area contributed by atoms with E-state index in [9.17, 15) is 9.90 Å². The summed E-state index contributed by atoms with van der Waals surface area (Å²) < 4.78 is 10.8. The Morgan fingerprint density at radius 1 is 0.900 bits per heavy atom. The highest BCUT2D eigenvalue weighted by Gasteiger charge is 2.17. The maximum absolute atomic E-state index is 11.5. The largest absolute Gasteiger partial charge is 0.465 e. The zero-order chi connectivity index (χ0) is 21.2. The fraction of sp³-hybridized carbons (Fsp3) is 0.240. The topological polar surface area (TPSA) is 72.4 Å². The number of carbonyl (C=O) groups excluding carboxylic acids is 1. The Bertz CT molecular complexity index is 858. The molecule has 156 valence electrons. The van der Waals surface area contributed by atoms with Gasteiger partial charge in [0.2, 0.25) is 0 Å². The molecule has 3 aromatic carbocycles. The zero-order valence-corrected chi connectivity index (χ0v) is 17.1. The molecular weight excluding hydrogens is 378 g/mol. The van der Waals surface area contributed by atoms with Crippen LogP contribution in [-0.2, 0) is 16.0 Å². The molecule has 0 saturated carbocycles. The minimum atomic E-state index is -0.589. The van der Waals surface area contributed by atoms with Crippen LogP contribution in [0, 0.1) is 0 Å². The molecule has 5 heteroatoms. The molecular formula is C25H28NO4+. The number of esters is 1. The van der Waals surface area contributed by atoms with Gasteiger partial charge in [0, 0.05) is 5.56 Å². The van der Waals surface area contributed by atoms with Gasteiger partial charge in [-0.2, -0.15) is 0 Å². The highest BCUT2D eigenvalue weighted by molar-refractivity contribution is 5.89. The summed E-state index contributed by atoms with van der Waals surface area (Å²) in [6.07, 6.45) is -0.804. The molecule has 0 saturated heterocycles. The zero-order valence-electron chi connectivity index (χ0n) is 17.1. The first-order valence-electron chi connectivity index (χ1n) is 10.1. The fourth-order valence-electron chi connectivity index (χ4n) is 3.25. The van der Waals surface area contributed by atoms with Gasteiger partial charge in [-0.3, -0.25) is 0 Å². The van der Waals surface area contributed by atoms with Crippen LogP contribution in [0.3, 0.4) is 0 Å². The van der Waals surface area contributed by atoms with Crippen LogP contribution in [0.1, 0.15) is 33.2 Å². The monoisotopic (exact) mass is 406 g/mol. The van der Waals surface area contributed by atoms with Crippen molar-refractivity contribution < 1.29 is 24.7 Å². The number of aliphatic hydroxyl groups excluding tert-OH is 1. The fourth-order valence-corrected chi connectivity index (χ4v) is 3.25. The standard InChI is InChI=1S/C25H27NO4/c1-29-25(28)22-14-12-19(13-15-22)16-26-17-23(27)18-30-24(20-8-4-2-5-9-20)21-10-6-3-7-11-21/h2-15,23-24,26-27H,16-18H2,1H3/p+1/t23-/m0/s1. The molecule has 0 amide bonds. The molecule has 0 bridgehead atoms. The molecule has 0 heterocycles. The van der Waals surface area contributed by atoms with Crippen molar-refractivity contribution in [3.63, 3.8) is 0 Å². The quantitative estimate of drug-likeness (QED) is 0.508. The molecule has 1 atom stereocenters. The second-order valence-electron chi connectivity index (χ2n) is 7.11. The van der Waals surface area contributed by atoms with Crippen LogP contribution in [-0.4, -0.2) is 37.4 Å². The van der Waals surface area contributed by atoms with E-state index in [0.717, 1.165) is 16.7 Å². The second kappa shape index (κ2) is 11.3. The van der Waals surface area contributed by atoms with Gasteiger partial charge in [0.15, 0.2) is 0 Å². The number of methoxy groups -OCH3 is 1. The summed E-state index contributed by atoms with van der Waals surface area (Å²) in [5.74, 6) is -0.343. The lowest BCUT2D eigenvalue weighted by molar-refractivity contribution is -0.676. The van der Waals surface area contributed by atoms with Crippen LogP contribution in [0.5, 0.6) is 0 Å². The van der Waals surface area contributed by atoms with Gasteiger partial charge in [0.1, 0.15) is 25.3 Å². The van der Waals surface area contributed by atoms with Gasteiger partial charge in [-0.25, -0.2) is 4.79 Å². The third kappa shape index (κ3) is 6.26. The molecule has 0 fully saturated rings. The molecule has 0 aliphatic heterocycles. The van der Waals surface area contributed by atoms with Crippen molar-refractivity contribution in [1.82, 2.24) is 0 Å². The van der Waals surface area contributed by atoms with E-state index in [2.05, 4.69) is 0 Å². The summed E-state index contributed by atoms with van der Waals surface area (Å²) in [6, 6.07) is 27.4. The summed E-state index contributed by atoms with van der Waals surface area (Å²) in [6.45, 7) is 1.47. The van der Waals surface area contributed by atoms with E-state index in [1.807, 2.05) is 78.1 Å². The van der Waals surface area contributed by atoms with E-state index >= 15 is 0 Å². The van der Waals surface area contributed by atoms with Gasteiger partial charge in [0.25, 0.3) is 0 Å². The minimum Gasteiger partial charge on any atom is -0.465 e. The molecule has 30 heavy (non-hydrogen) atoms. The number of aliphatic hydroxyl groups is 1. The summed E-state index contributed by atoms with van der Waals surface area (Å²) in [4.78, 5) is 11.5. The highest BCUT2D eigenvalue weighted by Crippen LogP contribution is 2.25. The maximum Gasteiger partial charge on any atom is 0.337 e. The lowest BCUT2D eigenvalue weighted by Crippen LogP contribution is -2.85. The Morgan fingerprint density at radius 2 is 1.47 bits per heavy atom. The molecule has 5 nitrogen and oxygen atoms in total.